The van der Waals surface area contributed by atoms with Gasteiger partial charge in [0.2, 0.25) is 11.8 Å². The van der Waals surface area contributed by atoms with Gasteiger partial charge in [0.15, 0.2) is 0 Å². The first-order chi connectivity index (χ1) is 12.5. The Hall–Kier alpha value is -1.59. The van der Waals surface area contributed by atoms with Gasteiger partial charge in [0.05, 0.1) is 5.92 Å². The Kier molecular flexibility index (Phi) is 7.68. The molecule has 1 saturated carbocycles. The maximum atomic E-state index is 12.9. The van der Waals surface area contributed by atoms with Crippen molar-refractivity contribution in [3.63, 3.8) is 0 Å². The molecule has 27 heavy (non-hydrogen) atoms. The normalized spacial score (nSPS) is 24.3. The van der Waals surface area contributed by atoms with Crippen molar-refractivity contribution >= 4 is 24.2 Å². The zero-order valence-electron chi connectivity index (χ0n) is 16.3. The minimum Gasteiger partial charge on any atom is -0.355 e. The Morgan fingerprint density at radius 3 is 2.59 bits per heavy atom. The molecule has 2 fully saturated rings. The highest BCUT2D eigenvalue weighted by molar-refractivity contribution is 5.85. The van der Waals surface area contributed by atoms with E-state index in [0.29, 0.717) is 31.5 Å². The number of nitrogens with one attached hydrogen (secondary N) is 1. The van der Waals surface area contributed by atoms with Crippen LogP contribution in [0.2, 0.25) is 0 Å². The molecule has 0 radical (unpaired) electrons. The van der Waals surface area contributed by atoms with Crippen LogP contribution in [0.25, 0.3) is 0 Å². The Labute approximate surface area is 168 Å². The number of piperidine rings is 1. The summed E-state index contributed by atoms with van der Waals surface area (Å²) >= 11 is 0. The lowest BCUT2D eigenvalue weighted by atomic mass is 9.96. The van der Waals surface area contributed by atoms with Crippen molar-refractivity contribution in [2.45, 2.75) is 44.9 Å². The maximum absolute atomic E-state index is 12.9. The molecule has 2 amide bonds. The van der Waals surface area contributed by atoms with E-state index in [0.717, 1.165) is 25.8 Å². The SMILES string of the molecule is CC(C)c1ccc(C2CC2C(=O)N2CCCC(C(=O)NCCN)C2)cc1.Cl. The number of likely N-dealkylation sites (tertiary alicyclic amines) is 1. The summed E-state index contributed by atoms with van der Waals surface area (Å²) in [7, 11) is 0. The van der Waals surface area contributed by atoms with Crippen molar-refractivity contribution in [3.05, 3.63) is 35.4 Å². The van der Waals surface area contributed by atoms with Gasteiger partial charge in [0, 0.05) is 32.1 Å². The topological polar surface area (TPSA) is 75.4 Å². The first kappa shape index (κ1) is 21.7. The van der Waals surface area contributed by atoms with E-state index < -0.39 is 0 Å². The number of nitrogens with zero attached hydrogens (tertiary/aromatic N) is 1. The van der Waals surface area contributed by atoms with Gasteiger partial charge in [0.1, 0.15) is 0 Å². The van der Waals surface area contributed by atoms with Crippen LogP contribution in [0.5, 0.6) is 0 Å². The number of carbonyl (C=O) groups is 2. The minimum atomic E-state index is -0.0956. The number of carbonyl (C=O) groups excluding carboxylic acids is 2. The average molecular weight is 394 g/mol. The molecular formula is C21H32ClN3O2. The summed E-state index contributed by atoms with van der Waals surface area (Å²) in [6.07, 6.45) is 2.68. The van der Waals surface area contributed by atoms with Gasteiger partial charge in [-0.15, -0.1) is 12.4 Å². The second-order valence-corrected chi connectivity index (χ2v) is 7.97. The molecule has 3 rings (SSSR count). The molecule has 5 nitrogen and oxygen atoms in total. The Balaban J connectivity index is 0.00000261. The molecule has 3 atom stereocenters. The van der Waals surface area contributed by atoms with Crippen LogP contribution < -0.4 is 11.1 Å². The number of rotatable bonds is 6. The van der Waals surface area contributed by atoms with Gasteiger partial charge in [-0.1, -0.05) is 38.1 Å². The van der Waals surface area contributed by atoms with Gasteiger partial charge in [0.25, 0.3) is 0 Å². The van der Waals surface area contributed by atoms with Crippen LogP contribution in [0, 0.1) is 11.8 Å². The van der Waals surface area contributed by atoms with Gasteiger partial charge in [-0.25, -0.2) is 0 Å². The lowest BCUT2D eigenvalue weighted by molar-refractivity contribution is -0.136. The summed E-state index contributed by atoms with van der Waals surface area (Å²) in [5, 5.41) is 2.85. The number of hydrogen-bond acceptors (Lipinski definition) is 3. The zero-order valence-corrected chi connectivity index (χ0v) is 17.1. The first-order valence-electron chi connectivity index (χ1n) is 9.87. The summed E-state index contributed by atoms with van der Waals surface area (Å²) in [6.45, 7) is 6.64. The molecule has 1 saturated heterocycles. The minimum absolute atomic E-state index is 0. The highest BCUT2D eigenvalue weighted by atomic mass is 35.5. The van der Waals surface area contributed by atoms with E-state index in [2.05, 4.69) is 43.4 Å². The van der Waals surface area contributed by atoms with Gasteiger partial charge < -0.3 is 16.0 Å². The number of halogens is 1. The van der Waals surface area contributed by atoms with Crippen LogP contribution in [0.15, 0.2) is 24.3 Å². The molecule has 1 aliphatic heterocycles. The number of hydrogen-bond donors (Lipinski definition) is 2. The van der Waals surface area contributed by atoms with Crippen LogP contribution in [0.4, 0.5) is 0 Å². The molecule has 3 unspecified atom stereocenters. The Bertz CT molecular complexity index is 647. The molecule has 150 valence electrons. The molecule has 0 spiro atoms. The van der Waals surface area contributed by atoms with E-state index in [1.807, 2.05) is 4.90 Å². The van der Waals surface area contributed by atoms with Crippen LogP contribution in [0.3, 0.4) is 0 Å². The average Bonchev–Trinajstić information content (AvgIpc) is 3.46. The highest BCUT2D eigenvalue weighted by Gasteiger charge is 2.46. The van der Waals surface area contributed by atoms with Crippen molar-refractivity contribution in [1.29, 1.82) is 0 Å². The van der Waals surface area contributed by atoms with Crippen LogP contribution in [-0.2, 0) is 9.59 Å². The summed E-state index contributed by atoms with van der Waals surface area (Å²) < 4.78 is 0. The molecular weight excluding hydrogens is 362 g/mol. The second kappa shape index (κ2) is 9.56. The summed E-state index contributed by atoms with van der Waals surface area (Å²) in [6, 6.07) is 8.70. The van der Waals surface area contributed by atoms with E-state index >= 15 is 0 Å². The lowest BCUT2D eigenvalue weighted by Crippen LogP contribution is -2.46. The fourth-order valence-corrected chi connectivity index (χ4v) is 3.93. The highest BCUT2D eigenvalue weighted by Crippen LogP contribution is 2.49. The van der Waals surface area contributed by atoms with E-state index in [4.69, 9.17) is 5.73 Å². The third-order valence-electron chi connectivity index (χ3n) is 5.69. The molecule has 1 aromatic carbocycles. The van der Waals surface area contributed by atoms with Gasteiger partial charge in [-0.3, -0.25) is 9.59 Å². The quantitative estimate of drug-likeness (QED) is 0.780. The Morgan fingerprint density at radius 2 is 1.96 bits per heavy atom. The summed E-state index contributed by atoms with van der Waals surface area (Å²) in [5.74, 6) is 1.11. The smallest absolute Gasteiger partial charge is 0.226 e. The Morgan fingerprint density at radius 1 is 1.26 bits per heavy atom. The molecule has 6 heteroatoms. The van der Waals surface area contributed by atoms with E-state index in [1.54, 1.807) is 0 Å². The second-order valence-electron chi connectivity index (χ2n) is 7.97. The molecule has 1 heterocycles. The van der Waals surface area contributed by atoms with E-state index in [1.165, 1.54) is 11.1 Å². The summed E-state index contributed by atoms with van der Waals surface area (Å²) in [4.78, 5) is 27.0. The number of nitrogens with two attached hydrogens (primary N) is 1. The van der Waals surface area contributed by atoms with Crippen LogP contribution >= 0.6 is 12.4 Å². The van der Waals surface area contributed by atoms with Crippen LogP contribution in [-0.4, -0.2) is 42.9 Å². The number of benzene rings is 1. The van der Waals surface area contributed by atoms with Crippen molar-refractivity contribution in [2.24, 2.45) is 17.6 Å². The standard InChI is InChI=1S/C21H31N3O2.ClH/c1-14(2)15-5-7-16(8-6-15)18-12-19(18)21(26)24-11-3-4-17(13-24)20(25)23-10-9-22;/h5-8,14,17-19H,3-4,9-13,22H2,1-2H3,(H,23,25);1H. The lowest BCUT2D eigenvalue weighted by Gasteiger charge is -2.32. The monoisotopic (exact) mass is 393 g/mol. The predicted octanol–water partition coefficient (Wildman–Crippen LogP) is 2.65. The maximum Gasteiger partial charge on any atom is 0.226 e. The molecule has 0 bridgehead atoms. The molecule has 0 aromatic heterocycles. The predicted molar refractivity (Wildman–Crippen MR) is 110 cm³/mol. The largest absolute Gasteiger partial charge is 0.355 e. The molecule has 1 aromatic rings. The fourth-order valence-electron chi connectivity index (χ4n) is 3.93. The van der Waals surface area contributed by atoms with Crippen molar-refractivity contribution in [1.82, 2.24) is 10.2 Å². The van der Waals surface area contributed by atoms with E-state index in [-0.39, 0.29) is 36.1 Å². The molecule has 1 aliphatic carbocycles. The van der Waals surface area contributed by atoms with Gasteiger partial charge in [-0.05, 0) is 42.2 Å². The third-order valence-corrected chi connectivity index (χ3v) is 5.69. The molecule has 3 N–H and O–H groups in total. The van der Waals surface area contributed by atoms with Crippen molar-refractivity contribution in [2.75, 3.05) is 26.2 Å². The zero-order chi connectivity index (χ0) is 18.7. The fraction of sp³-hybridized carbons (Fsp3) is 0.619. The molecule has 2 aliphatic rings. The number of amides is 2. The first-order valence-corrected chi connectivity index (χ1v) is 9.87. The van der Waals surface area contributed by atoms with Crippen LogP contribution in [0.1, 0.15) is 56.1 Å². The third kappa shape index (κ3) is 5.23. The van der Waals surface area contributed by atoms with Gasteiger partial charge >= 0.3 is 0 Å². The van der Waals surface area contributed by atoms with Crippen molar-refractivity contribution < 1.29 is 9.59 Å². The van der Waals surface area contributed by atoms with Gasteiger partial charge in [-0.2, -0.15) is 0 Å². The summed E-state index contributed by atoms with van der Waals surface area (Å²) in [5.41, 5.74) is 8.05. The van der Waals surface area contributed by atoms with E-state index in [9.17, 15) is 9.59 Å². The van der Waals surface area contributed by atoms with Crippen molar-refractivity contribution in [3.8, 4) is 0 Å².